The minimum atomic E-state index is 0.522. The van der Waals surface area contributed by atoms with Crippen molar-refractivity contribution >= 4 is 15.9 Å². The van der Waals surface area contributed by atoms with E-state index in [0.717, 1.165) is 19.4 Å². The summed E-state index contributed by atoms with van der Waals surface area (Å²) < 4.78 is 1.21. The van der Waals surface area contributed by atoms with E-state index in [0.29, 0.717) is 6.04 Å². The van der Waals surface area contributed by atoms with Gasteiger partial charge in [-0.25, -0.2) is 0 Å². The molecule has 21 heavy (non-hydrogen) atoms. The van der Waals surface area contributed by atoms with Gasteiger partial charge in [0.05, 0.1) is 0 Å². The molecule has 0 aromatic heterocycles. The highest BCUT2D eigenvalue weighted by atomic mass is 79.9. The van der Waals surface area contributed by atoms with Crippen molar-refractivity contribution < 1.29 is 0 Å². The molecule has 0 heterocycles. The van der Waals surface area contributed by atoms with Crippen LogP contribution in [0.15, 0.2) is 53.0 Å². The van der Waals surface area contributed by atoms with Gasteiger partial charge in [-0.15, -0.1) is 0 Å². The maximum atomic E-state index is 3.65. The van der Waals surface area contributed by atoms with E-state index in [-0.39, 0.29) is 0 Å². The highest BCUT2D eigenvalue weighted by Crippen LogP contribution is 2.19. The predicted octanol–water partition coefficient (Wildman–Crippen LogP) is 4.91. The van der Waals surface area contributed by atoms with Crippen LogP contribution in [0.1, 0.15) is 30.0 Å². The minimum Gasteiger partial charge on any atom is -0.314 e. The van der Waals surface area contributed by atoms with Crippen LogP contribution in [-0.4, -0.2) is 12.6 Å². The highest BCUT2D eigenvalue weighted by molar-refractivity contribution is 9.10. The van der Waals surface area contributed by atoms with Gasteiger partial charge in [0, 0.05) is 10.5 Å². The molecule has 0 aliphatic rings. The Balaban J connectivity index is 1.97. The molecule has 0 amide bonds. The average Bonchev–Trinajstić information content (AvgIpc) is 2.47. The number of hydrogen-bond donors (Lipinski definition) is 1. The van der Waals surface area contributed by atoms with Gasteiger partial charge >= 0.3 is 0 Å². The van der Waals surface area contributed by atoms with E-state index in [9.17, 15) is 0 Å². The van der Waals surface area contributed by atoms with Crippen molar-refractivity contribution in [1.29, 1.82) is 0 Å². The van der Waals surface area contributed by atoms with Crippen molar-refractivity contribution in [3.8, 4) is 0 Å². The first-order chi connectivity index (χ1) is 10.2. The Bertz CT molecular complexity index is 565. The van der Waals surface area contributed by atoms with Crippen molar-refractivity contribution in [2.45, 2.75) is 39.2 Å². The first kappa shape index (κ1) is 16.3. The predicted molar refractivity (Wildman–Crippen MR) is 94.8 cm³/mol. The zero-order valence-corrected chi connectivity index (χ0v) is 14.5. The average molecular weight is 346 g/mol. The van der Waals surface area contributed by atoms with E-state index in [2.05, 4.69) is 83.6 Å². The fourth-order valence-electron chi connectivity index (χ4n) is 2.70. The summed E-state index contributed by atoms with van der Waals surface area (Å²) in [7, 11) is 0. The summed E-state index contributed by atoms with van der Waals surface area (Å²) in [6.07, 6.45) is 3.36. The van der Waals surface area contributed by atoms with Crippen molar-refractivity contribution in [3.05, 3.63) is 69.7 Å². The van der Waals surface area contributed by atoms with Crippen LogP contribution in [0, 0.1) is 6.92 Å². The van der Waals surface area contributed by atoms with Crippen molar-refractivity contribution in [2.24, 2.45) is 0 Å². The molecule has 2 heteroatoms. The lowest BCUT2D eigenvalue weighted by Crippen LogP contribution is -2.31. The van der Waals surface area contributed by atoms with Gasteiger partial charge in [0.1, 0.15) is 0 Å². The Labute approximate surface area is 136 Å². The quantitative estimate of drug-likeness (QED) is 0.751. The summed E-state index contributed by atoms with van der Waals surface area (Å²) in [5.74, 6) is 0. The summed E-state index contributed by atoms with van der Waals surface area (Å²) in [6.45, 7) is 5.36. The molecule has 1 nitrogen and oxygen atoms in total. The van der Waals surface area contributed by atoms with E-state index >= 15 is 0 Å². The Kier molecular flexibility index (Phi) is 6.47. The van der Waals surface area contributed by atoms with E-state index in [1.165, 1.54) is 27.6 Å². The Morgan fingerprint density at radius 2 is 1.90 bits per heavy atom. The number of rotatable bonds is 7. The second kappa shape index (κ2) is 8.35. The molecule has 1 atom stereocenters. The SMILES string of the molecule is CCNC(CCc1cccc(C)c1)Cc1ccccc1Br. The van der Waals surface area contributed by atoms with Gasteiger partial charge in [0.15, 0.2) is 0 Å². The molecule has 2 aromatic rings. The topological polar surface area (TPSA) is 12.0 Å². The first-order valence-electron chi connectivity index (χ1n) is 7.71. The normalized spacial score (nSPS) is 12.3. The summed E-state index contributed by atoms with van der Waals surface area (Å²) in [4.78, 5) is 0. The molecule has 0 fully saturated rings. The molecule has 2 rings (SSSR count). The molecule has 1 unspecified atom stereocenters. The van der Waals surface area contributed by atoms with Crippen molar-refractivity contribution in [2.75, 3.05) is 6.54 Å². The Morgan fingerprint density at radius 3 is 2.62 bits per heavy atom. The molecule has 0 aliphatic carbocycles. The van der Waals surface area contributed by atoms with Crippen molar-refractivity contribution in [3.63, 3.8) is 0 Å². The molecule has 0 aliphatic heterocycles. The number of likely N-dealkylation sites (N-methyl/N-ethyl adjacent to an activating group) is 1. The third-order valence-corrected chi connectivity index (χ3v) is 4.55. The van der Waals surface area contributed by atoms with Gasteiger partial charge in [-0.1, -0.05) is 70.9 Å². The lowest BCUT2D eigenvalue weighted by molar-refractivity contribution is 0.490. The second-order valence-electron chi connectivity index (χ2n) is 5.58. The van der Waals surface area contributed by atoms with E-state index in [1.54, 1.807) is 0 Å². The van der Waals surface area contributed by atoms with Crippen molar-refractivity contribution in [1.82, 2.24) is 5.32 Å². The molecule has 0 saturated heterocycles. The third kappa shape index (κ3) is 5.29. The number of nitrogens with one attached hydrogen (secondary N) is 1. The maximum Gasteiger partial charge on any atom is 0.0207 e. The third-order valence-electron chi connectivity index (χ3n) is 3.78. The van der Waals surface area contributed by atoms with Crippen LogP contribution in [0.2, 0.25) is 0 Å². The number of hydrogen-bond acceptors (Lipinski definition) is 1. The summed E-state index contributed by atoms with van der Waals surface area (Å²) in [5, 5.41) is 3.62. The van der Waals surface area contributed by atoms with Crippen LogP contribution in [0.5, 0.6) is 0 Å². The molecule has 0 bridgehead atoms. The molecule has 0 spiro atoms. The fraction of sp³-hybridized carbons (Fsp3) is 0.368. The van der Waals surface area contributed by atoms with E-state index < -0.39 is 0 Å². The zero-order chi connectivity index (χ0) is 15.1. The standard InChI is InChI=1S/C19H24BrN/c1-3-21-18(14-17-9-4-5-10-19(17)20)12-11-16-8-6-7-15(2)13-16/h4-10,13,18,21H,3,11-12,14H2,1-2H3. The summed E-state index contributed by atoms with van der Waals surface area (Å²) >= 11 is 3.65. The highest BCUT2D eigenvalue weighted by Gasteiger charge is 2.10. The minimum absolute atomic E-state index is 0.522. The van der Waals surface area contributed by atoms with Gasteiger partial charge in [0.25, 0.3) is 0 Å². The van der Waals surface area contributed by atoms with Crippen LogP contribution in [0.4, 0.5) is 0 Å². The smallest absolute Gasteiger partial charge is 0.0207 e. The first-order valence-corrected chi connectivity index (χ1v) is 8.50. The molecule has 0 saturated carbocycles. The monoisotopic (exact) mass is 345 g/mol. The Hall–Kier alpha value is -1.12. The molecule has 1 N–H and O–H groups in total. The second-order valence-corrected chi connectivity index (χ2v) is 6.43. The number of aryl methyl sites for hydroxylation is 2. The summed E-state index contributed by atoms with van der Waals surface area (Å²) in [5.41, 5.74) is 4.16. The summed E-state index contributed by atoms with van der Waals surface area (Å²) in [6, 6.07) is 17.9. The van der Waals surface area contributed by atoms with Gasteiger partial charge in [-0.3, -0.25) is 0 Å². The van der Waals surface area contributed by atoms with Crippen LogP contribution in [0.3, 0.4) is 0 Å². The molecular formula is C19H24BrN. The molecular weight excluding hydrogens is 322 g/mol. The fourth-order valence-corrected chi connectivity index (χ4v) is 3.15. The van der Waals surface area contributed by atoms with Gasteiger partial charge < -0.3 is 5.32 Å². The Morgan fingerprint density at radius 1 is 1.10 bits per heavy atom. The van der Waals surface area contributed by atoms with Gasteiger partial charge in [-0.2, -0.15) is 0 Å². The molecule has 2 aromatic carbocycles. The van der Waals surface area contributed by atoms with Crippen LogP contribution in [0.25, 0.3) is 0 Å². The van der Waals surface area contributed by atoms with Crippen LogP contribution < -0.4 is 5.32 Å². The van der Waals surface area contributed by atoms with Gasteiger partial charge in [0.2, 0.25) is 0 Å². The lowest BCUT2D eigenvalue weighted by atomic mass is 9.98. The largest absolute Gasteiger partial charge is 0.314 e. The van der Waals surface area contributed by atoms with E-state index in [4.69, 9.17) is 0 Å². The molecule has 0 radical (unpaired) electrons. The lowest BCUT2D eigenvalue weighted by Gasteiger charge is -2.19. The van der Waals surface area contributed by atoms with E-state index in [1.807, 2.05) is 0 Å². The van der Waals surface area contributed by atoms with Crippen LogP contribution in [-0.2, 0) is 12.8 Å². The maximum absolute atomic E-state index is 3.65. The zero-order valence-electron chi connectivity index (χ0n) is 12.9. The van der Waals surface area contributed by atoms with Gasteiger partial charge in [-0.05, 0) is 49.9 Å². The van der Waals surface area contributed by atoms with Crippen LogP contribution >= 0.6 is 15.9 Å². The number of halogens is 1. The molecule has 112 valence electrons. The number of benzene rings is 2.